The zero-order valence-corrected chi connectivity index (χ0v) is 12.9. The van der Waals surface area contributed by atoms with Crippen molar-refractivity contribution in [2.24, 2.45) is 0 Å². The molecule has 0 aliphatic rings. The van der Waals surface area contributed by atoms with Crippen molar-refractivity contribution in [1.82, 2.24) is 5.32 Å². The first-order valence-corrected chi connectivity index (χ1v) is 8.24. The number of rotatable bonds is 7. The maximum absolute atomic E-state index is 11.6. The number of hydrogen-bond acceptors (Lipinski definition) is 4. The van der Waals surface area contributed by atoms with Crippen molar-refractivity contribution in [3.05, 3.63) is 21.3 Å². The van der Waals surface area contributed by atoms with E-state index in [9.17, 15) is 9.90 Å². The van der Waals surface area contributed by atoms with E-state index in [-0.39, 0.29) is 12.5 Å². The summed E-state index contributed by atoms with van der Waals surface area (Å²) in [6.07, 6.45) is 3.04. The summed E-state index contributed by atoms with van der Waals surface area (Å²) in [5.41, 5.74) is -0.846. The van der Waals surface area contributed by atoms with Gasteiger partial charge in [-0.05, 0) is 31.7 Å². The zero-order valence-electron chi connectivity index (χ0n) is 10.5. The summed E-state index contributed by atoms with van der Waals surface area (Å²) in [6.45, 7) is 2.01. The molecule has 0 aliphatic carbocycles. The highest BCUT2D eigenvalue weighted by Gasteiger charge is 2.20. The van der Waals surface area contributed by atoms with Gasteiger partial charge in [0.25, 0.3) is 0 Å². The van der Waals surface area contributed by atoms with Crippen LogP contribution in [0.25, 0.3) is 0 Å². The molecule has 1 atom stereocenters. The second kappa shape index (κ2) is 7.38. The second-order valence-electron chi connectivity index (χ2n) is 4.41. The van der Waals surface area contributed by atoms with Crippen LogP contribution in [0.3, 0.4) is 0 Å². The fourth-order valence-corrected chi connectivity index (χ4v) is 3.27. The summed E-state index contributed by atoms with van der Waals surface area (Å²) in [7, 11) is 0. The van der Waals surface area contributed by atoms with Crippen molar-refractivity contribution < 1.29 is 9.90 Å². The third-order valence-corrected chi connectivity index (χ3v) is 4.55. The molecule has 0 aromatic carbocycles. The first-order chi connectivity index (χ1) is 8.43. The Morgan fingerprint density at radius 3 is 2.89 bits per heavy atom. The first-order valence-electron chi connectivity index (χ1n) is 5.65. The fraction of sp³-hybridized carbons (Fsp3) is 0.583. The molecule has 0 bridgehead atoms. The normalized spacial score (nSPS) is 14.2. The lowest BCUT2D eigenvalue weighted by Crippen LogP contribution is -2.42. The Balaban J connectivity index is 2.26. The van der Waals surface area contributed by atoms with E-state index in [1.165, 1.54) is 11.3 Å². The summed E-state index contributed by atoms with van der Waals surface area (Å²) in [5, 5.41) is 12.7. The van der Waals surface area contributed by atoms with Crippen LogP contribution in [0.2, 0.25) is 4.34 Å². The quantitative estimate of drug-likeness (QED) is 0.814. The Hall–Kier alpha value is -0.230. The smallest absolute Gasteiger partial charge is 0.220 e. The van der Waals surface area contributed by atoms with Crippen LogP contribution >= 0.6 is 34.7 Å². The molecule has 0 spiro atoms. The number of thioether (sulfide) groups is 1. The number of carbonyl (C=O) groups excluding carboxylic acids is 1. The maximum atomic E-state index is 11.6. The average Bonchev–Trinajstić information content (AvgIpc) is 2.70. The van der Waals surface area contributed by atoms with Crippen LogP contribution in [0.5, 0.6) is 0 Å². The van der Waals surface area contributed by atoms with Crippen LogP contribution < -0.4 is 5.32 Å². The highest BCUT2D eigenvalue weighted by Crippen LogP contribution is 2.22. The molecule has 1 aromatic heterocycles. The minimum atomic E-state index is -0.846. The highest BCUT2D eigenvalue weighted by atomic mass is 35.5. The lowest BCUT2D eigenvalue weighted by atomic mass is 10.1. The summed E-state index contributed by atoms with van der Waals surface area (Å²) in [5.74, 6) is 0.564. The molecule has 3 nitrogen and oxygen atoms in total. The van der Waals surface area contributed by atoms with Gasteiger partial charge in [0.2, 0.25) is 5.91 Å². The lowest BCUT2D eigenvalue weighted by molar-refractivity contribution is -0.122. The number of aryl methyl sites for hydroxylation is 1. The predicted octanol–water partition coefficient (Wildman–Crippen LogP) is 2.56. The molecule has 0 saturated heterocycles. The Morgan fingerprint density at radius 2 is 2.33 bits per heavy atom. The Bertz CT molecular complexity index is 393. The highest BCUT2D eigenvalue weighted by molar-refractivity contribution is 7.98. The standard InChI is InChI=1S/C12H18ClNO2S2/c1-12(16,8-17-2)7-14-11(15)6-4-9-3-5-10(13)18-9/h3,5,16H,4,6-8H2,1-2H3,(H,14,15). The summed E-state index contributed by atoms with van der Waals surface area (Å²) >= 11 is 8.87. The lowest BCUT2D eigenvalue weighted by Gasteiger charge is -2.22. The molecule has 18 heavy (non-hydrogen) atoms. The van der Waals surface area contributed by atoms with Gasteiger partial charge in [-0.2, -0.15) is 11.8 Å². The summed E-state index contributed by atoms with van der Waals surface area (Å²) < 4.78 is 0.744. The monoisotopic (exact) mass is 307 g/mol. The van der Waals surface area contributed by atoms with Gasteiger partial charge in [0, 0.05) is 23.6 Å². The van der Waals surface area contributed by atoms with Crippen LogP contribution in [0.1, 0.15) is 18.2 Å². The predicted molar refractivity (Wildman–Crippen MR) is 79.7 cm³/mol. The molecule has 0 radical (unpaired) electrons. The van der Waals surface area contributed by atoms with Gasteiger partial charge in [-0.15, -0.1) is 11.3 Å². The Labute approximate surface area is 121 Å². The van der Waals surface area contributed by atoms with Gasteiger partial charge in [-0.25, -0.2) is 0 Å². The van der Waals surface area contributed by atoms with E-state index in [1.807, 2.05) is 18.4 Å². The average molecular weight is 308 g/mol. The van der Waals surface area contributed by atoms with Gasteiger partial charge in [-0.1, -0.05) is 11.6 Å². The molecule has 0 aliphatic heterocycles. The van der Waals surface area contributed by atoms with E-state index in [2.05, 4.69) is 5.32 Å². The van der Waals surface area contributed by atoms with Gasteiger partial charge in [-0.3, -0.25) is 4.79 Å². The molecule has 1 rings (SSSR count). The van der Waals surface area contributed by atoms with E-state index in [0.29, 0.717) is 18.6 Å². The maximum Gasteiger partial charge on any atom is 0.220 e. The van der Waals surface area contributed by atoms with Gasteiger partial charge < -0.3 is 10.4 Å². The molecule has 102 valence electrons. The van der Waals surface area contributed by atoms with Crippen molar-refractivity contribution >= 4 is 40.6 Å². The number of thiophene rings is 1. The summed E-state index contributed by atoms with van der Waals surface area (Å²) in [6, 6.07) is 3.77. The molecule has 1 aromatic rings. The topological polar surface area (TPSA) is 49.3 Å². The number of nitrogens with one attached hydrogen (secondary N) is 1. The largest absolute Gasteiger partial charge is 0.387 e. The second-order valence-corrected chi connectivity index (χ2v) is 7.08. The van der Waals surface area contributed by atoms with Crippen molar-refractivity contribution in [1.29, 1.82) is 0 Å². The molecular formula is C12H18ClNO2S2. The third-order valence-electron chi connectivity index (χ3n) is 2.35. The number of hydrogen-bond donors (Lipinski definition) is 2. The third kappa shape index (κ3) is 6.09. The van der Waals surface area contributed by atoms with Gasteiger partial charge >= 0.3 is 0 Å². The molecule has 1 unspecified atom stereocenters. The van der Waals surface area contributed by atoms with E-state index in [0.717, 1.165) is 9.21 Å². The van der Waals surface area contributed by atoms with Crippen molar-refractivity contribution in [2.75, 3.05) is 18.6 Å². The van der Waals surface area contributed by atoms with E-state index >= 15 is 0 Å². The van der Waals surface area contributed by atoms with Crippen LogP contribution in [-0.2, 0) is 11.2 Å². The van der Waals surface area contributed by atoms with Crippen molar-refractivity contribution in [3.8, 4) is 0 Å². The number of carbonyl (C=O) groups is 1. The number of aliphatic hydroxyl groups is 1. The van der Waals surface area contributed by atoms with Gasteiger partial charge in [0.05, 0.1) is 9.94 Å². The number of amides is 1. The van der Waals surface area contributed by atoms with Crippen LogP contribution in [0.4, 0.5) is 0 Å². The minimum Gasteiger partial charge on any atom is -0.387 e. The minimum absolute atomic E-state index is 0.0408. The number of halogens is 1. The summed E-state index contributed by atoms with van der Waals surface area (Å²) in [4.78, 5) is 12.7. The Morgan fingerprint density at radius 1 is 1.61 bits per heavy atom. The van der Waals surface area contributed by atoms with Gasteiger partial charge in [0.15, 0.2) is 0 Å². The molecule has 1 amide bonds. The van der Waals surface area contributed by atoms with Crippen LogP contribution in [0, 0.1) is 0 Å². The van der Waals surface area contributed by atoms with Crippen LogP contribution in [0.15, 0.2) is 12.1 Å². The van der Waals surface area contributed by atoms with E-state index in [1.54, 1.807) is 18.7 Å². The SMILES string of the molecule is CSCC(C)(O)CNC(=O)CCc1ccc(Cl)s1. The Kier molecular flexibility index (Phi) is 6.49. The van der Waals surface area contributed by atoms with Crippen molar-refractivity contribution in [2.45, 2.75) is 25.4 Å². The van der Waals surface area contributed by atoms with Gasteiger partial charge in [0.1, 0.15) is 0 Å². The zero-order chi connectivity index (χ0) is 13.6. The molecule has 2 N–H and O–H groups in total. The molecule has 1 heterocycles. The molecular weight excluding hydrogens is 290 g/mol. The van der Waals surface area contributed by atoms with E-state index < -0.39 is 5.60 Å². The molecule has 6 heteroatoms. The van der Waals surface area contributed by atoms with Crippen molar-refractivity contribution in [3.63, 3.8) is 0 Å². The molecule has 0 saturated carbocycles. The molecule has 0 fully saturated rings. The fourth-order valence-electron chi connectivity index (χ4n) is 1.46. The van der Waals surface area contributed by atoms with Crippen LogP contribution in [-0.4, -0.2) is 35.2 Å². The first kappa shape index (κ1) is 15.8. The van der Waals surface area contributed by atoms with E-state index in [4.69, 9.17) is 11.6 Å².